The van der Waals surface area contributed by atoms with E-state index < -0.39 is 17.4 Å². The van der Waals surface area contributed by atoms with Crippen LogP contribution in [-0.2, 0) is 0 Å². The topological polar surface area (TPSA) is 97.4 Å². The molecule has 1 saturated heterocycles. The maximum atomic E-state index is 12.7. The van der Waals surface area contributed by atoms with E-state index in [1.807, 2.05) is 0 Å². The fourth-order valence-electron chi connectivity index (χ4n) is 3.47. The lowest BCUT2D eigenvalue weighted by atomic mass is 10.1. The Morgan fingerprint density at radius 1 is 1.08 bits per heavy atom. The van der Waals surface area contributed by atoms with Gasteiger partial charge in [0.05, 0.1) is 27.5 Å². The lowest BCUT2D eigenvalue weighted by Gasteiger charge is -2.24. The predicted octanol–water partition coefficient (Wildman–Crippen LogP) is 1.56. The highest BCUT2D eigenvalue weighted by atomic mass is 35.5. The van der Waals surface area contributed by atoms with Crippen LogP contribution in [0, 0.1) is 0 Å². The number of nitrogens with two attached hydrogens (primary N) is 1. The van der Waals surface area contributed by atoms with Crippen molar-refractivity contribution < 1.29 is 9.59 Å². The summed E-state index contributed by atoms with van der Waals surface area (Å²) in [5.41, 5.74) is 6.89. The SMILES string of the molecule is Nc1c2c(cc(=O)n1-c1cccc(Cl)c1N1CCCC1)C(=O)NC2=O. The van der Waals surface area contributed by atoms with E-state index >= 15 is 0 Å². The summed E-state index contributed by atoms with van der Waals surface area (Å²) < 4.78 is 1.25. The van der Waals surface area contributed by atoms with E-state index in [1.54, 1.807) is 18.2 Å². The summed E-state index contributed by atoms with van der Waals surface area (Å²) in [6.07, 6.45) is 2.08. The smallest absolute Gasteiger partial charge is 0.262 e. The van der Waals surface area contributed by atoms with Crippen LogP contribution in [0.1, 0.15) is 33.6 Å². The Hall–Kier alpha value is -2.80. The zero-order valence-corrected chi connectivity index (χ0v) is 14.0. The van der Waals surface area contributed by atoms with Gasteiger partial charge in [0.25, 0.3) is 17.4 Å². The molecule has 0 aliphatic carbocycles. The van der Waals surface area contributed by atoms with E-state index in [-0.39, 0.29) is 16.9 Å². The fourth-order valence-corrected chi connectivity index (χ4v) is 3.76. The summed E-state index contributed by atoms with van der Waals surface area (Å²) in [4.78, 5) is 38.6. The van der Waals surface area contributed by atoms with Crippen LogP contribution >= 0.6 is 11.6 Å². The van der Waals surface area contributed by atoms with Crippen LogP contribution in [0.2, 0.25) is 5.02 Å². The molecule has 3 heterocycles. The highest BCUT2D eigenvalue weighted by Gasteiger charge is 2.32. The van der Waals surface area contributed by atoms with Crippen molar-refractivity contribution in [3.05, 3.63) is 50.8 Å². The number of nitrogen functional groups attached to an aromatic ring is 1. The molecule has 0 saturated carbocycles. The summed E-state index contributed by atoms with van der Waals surface area (Å²) in [6.45, 7) is 1.66. The van der Waals surface area contributed by atoms with Crippen LogP contribution < -0.4 is 21.5 Å². The number of fused-ring (bicyclic) bond motifs is 1. The average Bonchev–Trinajstić information content (AvgIpc) is 3.16. The zero-order chi connectivity index (χ0) is 17.7. The standard InChI is InChI=1S/C17H15ClN4O3/c18-10-4-3-5-11(14(10)21-6-1-2-7-21)22-12(23)8-9-13(15(22)19)17(25)20-16(9)24/h3-5,8H,1-2,6-7,19H2,(H,20,24,25). The molecule has 4 rings (SSSR count). The van der Waals surface area contributed by atoms with Crippen LogP contribution in [0.4, 0.5) is 11.5 Å². The Kier molecular flexibility index (Phi) is 3.54. The Morgan fingerprint density at radius 2 is 1.80 bits per heavy atom. The third kappa shape index (κ3) is 2.31. The monoisotopic (exact) mass is 358 g/mol. The third-order valence-electron chi connectivity index (χ3n) is 4.58. The van der Waals surface area contributed by atoms with Gasteiger partial charge in [-0.3, -0.25) is 24.3 Å². The van der Waals surface area contributed by atoms with Crippen molar-refractivity contribution in [1.82, 2.24) is 9.88 Å². The van der Waals surface area contributed by atoms with Gasteiger partial charge in [-0.15, -0.1) is 0 Å². The highest BCUT2D eigenvalue weighted by molar-refractivity contribution is 6.33. The molecule has 2 aliphatic rings. The molecule has 0 atom stereocenters. The molecule has 1 aromatic heterocycles. The van der Waals surface area contributed by atoms with Gasteiger partial charge in [0, 0.05) is 19.2 Å². The second-order valence-corrected chi connectivity index (χ2v) is 6.48. The number of hydrogen-bond acceptors (Lipinski definition) is 5. The molecule has 2 aliphatic heterocycles. The first-order valence-corrected chi connectivity index (χ1v) is 8.32. The van der Waals surface area contributed by atoms with Gasteiger partial charge in [0.2, 0.25) is 0 Å². The number of benzene rings is 1. The number of halogens is 1. The summed E-state index contributed by atoms with van der Waals surface area (Å²) in [5.74, 6) is -1.27. The van der Waals surface area contributed by atoms with Crippen molar-refractivity contribution in [3.63, 3.8) is 0 Å². The van der Waals surface area contributed by atoms with Crippen molar-refractivity contribution in [1.29, 1.82) is 0 Å². The zero-order valence-electron chi connectivity index (χ0n) is 13.2. The molecule has 0 unspecified atom stereocenters. The first-order chi connectivity index (χ1) is 12.0. The average molecular weight is 359 g/mol. The number of rotatable bonds is 2. The predicted molar refractivity (Wildman–Crippen MR) is 94.7 cm³/mol. The molecular weight excluding hydrogens is 344 g/mol. The van der Waals surface area contributed by atoms with Gasteiger partial charge >= 0.3 is 0 Å². The largest absolute Gasteiger partial charge is 0.384 e. The van der Waals surface area contributed by atoms with Gasteiger partial charge < -0.3 is 10.6 Å². The van der Waals surface area contributed by atoms with Crippen LogP contribution in [-0.4, -0.2) is 29.5 Å². The molecule has 25 heavy (non-hydrogen) atoms. The van der Waals surface area contributed by atoms with Crippen molar-refractivity contribution in [3.8, 4) is 5.69 Å². The third-order valence-corrected chi connectivity index (χ3v) is 4.89. The van der Waals surface area contributed by atoms with E-state index in [9.17, 15) is 14.4 Å². The number of imide groups is 1. The maximum Gasteiger partial charge on any atom is 0.262 e. The maximum absolute atomic E-state index is 12.7. The van der Waals surface area contributed by atoms with Crippen LogP contribution in [0.3, 0.4) is 0 Å². The van der Waals surface area contributed by atoms with E-state index in [2.05, 4.69) is 10.2 Å². The molecule has 8 heteroatoms. The first kappa shape index (κ1) is 15.7. The van der Waals surface area contributed by atoms with Gasteiger partial charge in [-0.2, -0.15) is 0 Å². The van der Waals surface area contributed by atoms with Crippen molar-refractivity contribution in [2.24, 2.45) is 0 Å². The Labute approximate surface area is 148 Å². The lowest BCUT2D eigenvalue weighted by Crippen LogP contribution is -2.27. The van der Waals surface area contributed by atoms with Gasteiger partial charge in [-0.1, -0.05) is 17.7 Å². The lowest BCUT2D eigenvalue weighted by molar-refractivity contribution is 0.0880. The summed E-state index contributed by atoms with van der Waals surface area (Å²) in [5, 5.41) is 2.67. The minimum Gasteiger partial charge on any atom is -0.384 e. The number of anilines is 2. The molecule has 0 bridgehead atoms. The number of nitrogens with one attached hydrogen (secondary N) is 1. The molecule has 128 valence electrons. The van der Waals surface area contributed by atoms with E-state index in [4.69, 9.17) is 17.3 Å². The number of carbonyl (C=O) groups excluding carboxylic acids is 2. The van der Waals surface area contributed by atoms with E-state index in [1.165, 1.54) is 4.57 Å². The number of pyridine rings is 1. The number of hydrogen-bond donors (Lipinski definition) is 2. The fraction of sp³-hybridized carbons (Fsp3) is 0.235. The quantitative estimate of drug-likeness (QED) is 0.794. The molecule has 2 aromatic rings. The second kappa shape index (κ2) is 5.63. The Morgan fingerprint density at radius 3 is 2.52 bits per heavy atom. The van der Waals surface area contributed by atoms with Crippen molar-refractivity contribution >= 4 is 34.9 Å². The normalized spacial score (nSPS) is 16.3. The molecule has 1 fully saturated rings. The van der Waals surface area contributed by atoms with E-state index in [0.29, 0.717) is 16.4 Å². The number of aromatic nitrogens is 1. The number of para-hydroxylation sites is 1. The summed E-state index contributed by atoms with van der Waals surface area (Å²) in [7, 11) is 0. The van der Waals surface area contributed by atoms with Crippen LogP contribution in [0.25, 0.3) is 5.69 Å². The molecule has 2 amide bonds. The number of nitrogens with zero attached hydrogens (tertiary/aromatic N) is 2. The highest BCUT2D eigenvalue weighted by Crippen LogP contribution is 2.36. The number of carbonyl (C=O) groups is 2. The molecule has 7 nitrogen and oxygen atoms in total. The van der Waals surface area contributed by atoms with Crippen LogP contribution in [0.15, 0.2) is 29.1 Å². The molecule has 0 spiro atoms. The Bertz CT molecular complexity index is 977. The second-order valence-electron chi connectivity index (χ2n) is 6.08. The summed E-state index contributed by atoms with van der Waals surface area (Å²) in [6, 6.07) is 6.35. The van der Waals surface area contributed by atoms with Gasteiger partial charge in [0.1, 0.15) is 5.82 Å². The van der Waals surface area contributed by atoms with Gasteiger partial charge in [-0.05, 0) is 25.0 Å². The Balaban J connectivity index is 2.00. The minimum absolute atomic E-state index is 0.00787. The van der Waals surface area contributed by atoms with Crippen molar-refractivity contribution in [2.45, 2.75) is 12.8 Å². The van der Waals surface area contributed by atoms with Crippen molar-refractivity contribution in [2.75, 3.05) is 23.7 Å². The van der Waals surface area contributed by atoms with Gasteiger partial charge in [-0.25, -0.2) is 0 Å². The molecular formula is C17H15ClN4O3. The molecule has 3 N–H and O–H groups in total. The summed E-state index contributed by atoms with van der Waals surface area (Å²) >= 11 is 6.40. The van der Waals surface area contributed by atoms with Gasteiger partial charge in [0.15, 0.2) is 0 Å². The minimum atomic E-state index is -0.609. The molecule has 0 radical (unpaired) electrons. The number of amides is 2. The van der Waals surface area contributed by atoms with Crippen LogP contribution in [0.5, 0.6) is 0 Å². The first-order valence-electron chi connectivity index (χ1n) is 7.94. The molecule has 1 aromatic carbocycles. The van der Waals surface area contributed by atoms with E-state index in [0.717, 1.165) is 32.0 Å².